The maximum Gasteiger partial charge on any atom is 0.313 e. The number of benzene rings is 2. The predicted octanol–water partition coefficient (Wildman–Crippen LogP) is -2.48. The quantitative estimate of drug-likeness (QED) is 0.00623. The molecule has 4 rings (SSSR count). The molecule has 0 saturated carbocycles. The normalized spacial score (nSPS) is 21.3. The van der Waals surface area contributed by atoms with E-state index < -0.39 is 210 Å². The van der Waals surface area contributed by atoms with E-state index in [9.17, 15) is 90.6 Å². The fraction of sp³-hybridized carbons (Fsp3) is 0.672. The Balaban J connectivity index is 1.42. The van der Waals surface area contributed by atoms with Crippen LogP contribution in [0.3, 0.4) is 0 Å². The zero-order valence-corrected chi connectivity index (χ0v) is 59.4. The average Bonchev–Trinajstić information content (AvgIpc) is 1.65. The molecule has 582 valence electrons. The molecule has 8 amide bonds. The number of methoxy groups -OCH3 is 1. The second kappa shape index (κ2) is 46.7. The highest BCUT2D eigenvalue weighted by molar-refractivity contribution is 7.98. The lowest BCUT2D eigenvalue weighted by molar-refractivity contribution is -0.136. The van der Waals surface area contributed by atoms with Crippen LogP contribution in [0, 0.1) is 52.8 Å². The number of thioether (sulfide) groups is 1. The number of hydrogen-bond donors (Lipinski definition) is 16. The molecular formula is C64H98F5N11O21S2. The van der Waals surface area contributed by atoms with Crippen LogP contribution in [0.25, 0.3) is 0 Å². The molecule has 103 heavy (non-hydrogen) atoms. The molecule has 18 N–H and O–H groups in total. The van der Waals surface area contributed by atoms with Gasteiger partial charge >= 0.3 is 5.97 Å². The van der Waals surface area contributed by atoms with E-state index in [1.807, 2.05) is 13.8 Å². The fourth-order valence-corrected chi connectivity index (χ4v) is 13.5. The summed E-state index contributed by atoms with van der Waals surface area (Å²) < 4.78 is 114. The minimum atomic E-state index is -2.39. The number of rotatable bonds is 41. The molecule has 0 aliphatic carbocycles. The number of hydrogen-bond acceptors (Lipinski definition) is 25. The van der Waals surface area contributed by atoms with Gasteiger partial charge in [-0.1, -0.05) is 33.3 Å². The molecular weight excluding hydrogens is 1420 g/mol. The van der Waals surface area contributed by atoms with Crippen molar-refractivity contribution in [3.8, 4) is 11.5 Å². The molecule has 1 saturated heterocycles. The molecule has 0 aromatic heterocycles. The van der Waals surface area contributed by atoms with Crippen molar-refractivity contribution in [2.24, 2.45) is 35.1 Å². The number of aliphatic hydroxyl groups excluding tert-OH is 5. The van der Waals surface area contributed by atoms with Crippen LogP contribution >= 0.6 is 11.8 Å². The molecule has 39 heteroatoms. The summed E-state index contributed by atoms with van der Waals surface area (Å²) in [7, 11) is -0.886. The van der Waals surface area contributed by atoms with E-state index in [0.717, 1.165) is 0 Å². The van der Waals surface area contributed by atoms with Crippen LogP contribution < -0.4 is 68.8 Å². The van der Waals surface area contributed by atoms with Crippen LogP contribution in [0.1, 0.15) is 89.2 Å². The number of nitrogens with one attached hydrogen (secondary N) is 9. The Morgan fingerprint density at radius 3 is 2.00 bits per heavy atom. The Morgan fingerprint density at radius 2 is 1.40 bits per heavy atom. The summed E-state index contributed by atoms with van der Waals surface area (Å²) in [6, 6.07) is -1.83. The lowest BCUT2D eigenvalue weighted by Crippen LogP contribution is -2.58. The summed E-state index contributed by atoms with van der Waals surface area (Å²) in [6.07, 6.45) is -4.28. The van der Waals surface area contributed by atoms with Gasteiger partial charge in [-0.2, -0.15) is 20.5 Å². The number of primary amides is 1. The smallest absolute Gasteiger partial charge is 0.313 e. The number of amides is 8. The molecule has 2 heterocycles. The number of β-amino-alcohol motifs (C(OH)–C–C–N with tert-alkyl or cyclic N) is 1. The molecule has 0 spiro atoms. The summed E-state index contributed by atoms with van der Waals surface area (Å²) in [4.78, 5) is 120. The predicted molar refractivity (Wildman–Crippen MR) is 362 cm³/mol. The van der Waals surface area contributed by atoms with E-state index >= 15 is 4.21 Å². The Bertz CT molecular complexity index is 3120. The molecule has 2 aromatic carbocycles. The van der Waals surface area contributed by atoms with Gasteiger partial charge in [-0.15, -0.1) is 0 Å². The van der Waals surface area contributed by atoms with Crippen LogP contribution in [0.15, 0.2) is 12.1 Å². The number of halogens is 5. The van der Waals surface area contributed by atoms with Crippen molar-refractivity contribution in [1.82, 2.24) is 42.5 Å². The van der Waals surface area contributed by atoms with E-state index in [4.69, 9.17) is 35.2 Å². The van der Waals surface area contributed by atoms with Crippen molar-refractivity contribution in [2.45, 2.75) is 126 Å². The lowest BCUT2D eigenvalue weighted by Gasteiger charge is -2.31. The van der Waals surface area contributed by atoms with Crippen LogP contribution in [-0.2, 0) is 78.7 Å². The molecule has 32 nitrogen and oxygen atoms in total. The minimum absolute atomic E-state index is 0.0143. The van der Waals surface area contributed by atoms with Crippen molar-refractivity contribution in [3.63, 3.8) is 0 Å². The summed E-state index contributed by atoms with van der Waals surface area (Å²) in [5.74, 6) is -24.9. The molecule has 2 aliphatic rings. The second-order valence-electron chi connectivity index (χ2n) is 24.3. The SMILES string of the molecule is CC[C@H](C)[C@H](CCNC(O)CN)C(=O)NCC(=O)N[C@@H]1CS(=O)C2Nc3c(ccc(OC)c3CSCCCCNC(=O)CCOCCOCCOCCOCCC(=O)Oc3c(F)c(F)c(F)c(F)c3F)C2[C@H](CO)CNC(=O)[C@H]([C@@H](C)[C@@H](O)CO)NC(=O)C[C@@H](O)CNC(=O)[C@H](CC(N)=O)NC1=O. The van der Waals surface area contributed by atoms with E-state index in [1.54, 1.807) is 12.1 Å². The Hall–Kier alpha value is -7.02. The number of anilines is 1. The number of fused-ring (bicyclic) bond motifs is 3. The number of unbranched alkanes of at least 4 members (excludes halogenated alkanes) is 1. The van der Waals surface area contributed by atoms with Crippen molar-refractivity contribution < 1.29 is 123 Å². The topological polar surface area (TPSA) is 488 Å². The van der Waals surface area contributed by atoms with E-state index in [1.165, 1.54) is 25.8 Å². The van der Waals surface area contributed by atoms with Crippen molar-refractivity contribution >= 4 is 81.5 Å². The first-order chi connectivity index (χ1) is 49.1. The highest BCUT2D eigenvalue weighted by Gasteiger charge is 2.45. The van der Waals surface area contributed by atoms with Gasteiger partial charge in [-0.05, 0) is 49.1 Å². The number of esters is 1. The fourth-order valence-electron chi connectivity index (χ4n) is 10.8. The van der Waals surface area contributed by atoms with Gasteiger partial charge in [0.25, 0.3) is 0 Å². The third-order valence-corrected chi connectivity index (χ3v) is 19.5. The van der Waals surface area contributed by atoms with Crippen molar-refractivity contribution in [2.75, 3.05) is 129 Å². The number of aliphatic hydroxyl groups is 5. The van der Waals surface area contributed by atoms with Crippen LogP contribution in [0.4, 0.5) is 27.6 Å². The van der Waals surface area contributed by atoms with Gasteiger partial charge in [-0.25, -0.2) is 13.2 Å². The summed E-state index contributed by atoms with van der Waals surface area (Å²) in [5, 5.41) is 75.3. The first kappa shape index (κ1) is 88.4. The highest BCUT2D eigenvalue weighted by atomic mass is 32.2. The largest absolute Gasteiger partial charge is 0.496 e. The number of nitrogens with two attached hydrogens (primary N) is 2. The molecule has 0 radical (unpaired) electrons. The number of ether oxygens (including phenoxy) is 6. The molecule has 13 atom stereocenters. The van der Waals surface area contributed by atoms with E-state index in [-0.39, 0.29) is 103 Å². The molecule has 1 fully saturated rings. The summed E-state index contributed by atoms with van der Waals surface area (Å²) >= 11 is 1.49. The summed E-state index contributed by atoms with van der Waals surface area (Å²) in [6.45, 7) is 2.78. The monoisotopic (exact) mass is 1520 g/mol. The van der Waals surface area contributed by atoms with Crippen LogP contribution in [0.5, 0.6) is 11.5 Å². The Morgan fingerprint density at radius 1 is 0.777 bits per heavy atom. The van der Waals surface area contributed by atoms with E-state index in [0.29, 0.717) is 54.1 Å². The zero-order valence-electron chi connectivity index (χ0n) is 57.8. The average molecular weight is 1520 g/mol. The number of carbonyl (C=O) groups excluding carboxylic acids is 9. The molecule has 0 bridgehead atoms. The van der Waals surface area contributed by atoms with Gasteiger partial charge in [-0.3, -0.25) is 52.7 Å². The molecule has 4 unspecified atom stereocenters. The van der Waals surface area contributed by atoms with Crippen molar-refractivity contribution in [1.29, 1.82) is 0 Å². The second-order valence-corrected chi connectivity index (χ2v) is 27.0. The Labute approximate surface area is 599 Å². The molecule has 2 aliphatic heterocycles. The minimum Gasteiger partial charge on any atom is -0.496 e. The number of carbonyl (C=O) groups is 9. The maximum atomic E-state index is 15.3. The maximum absolute atomic E-state index is 15.3. The zero-order chi connectivity index (χ0) is 76.3. The van der Waals surface area contributed by atoms with Crippen LogP contribution in [0.2, 0.25) is 0 Å². The van der Waals surface area contributed by atoms with E-state index in [2.05, 4.69) is 52.6 Å². The highest BCUT2D eigenvalue weighted by Crippen LogP contribution is 2.47. The van der Waals surface area contributed by atoms with Gasteiger partial charge in [0.2, 0.25) is 82.1 Å². The third-order valence-electron chi connectivity index (χ3n) is 16.8. The lowest BCUT2D eigenvalue weighted by atomic mass is 9.86. The van der Waals surface area contributed by atoms with Gasteiger partial charge < -0.3 is 108 Å². The Kier molecular flexibility index (Phi) is 40.1. The van der Waals surface area contributed by atoms with Gasteiger partial charge in [0.1, 0.15) is 35.5 Å². The van der Waals surface area contributed by atoms with Crippen molar-refractivity contribution in [3.05, 3.63) is 52.3 Å². The summed E-state index contributed by atoms with van der Waals surface area (Å²) in [5.41, 5.74) is 12.5. The molecule has 2 aromatic rings. The standard InChI is InChI=1S/C64H98F5N11O21S2/c1-5-34(2)38(10-14-73-48(88)26-70)60(91)76-29-49(89)77-42-33-103(95)64-51(36(30-81)27-74-63(94)57(35(3)43(84)31-82)79-47(87)24-37(83)28-75-61(92)41(25-45(71)85)78-62(42)93)39-8-9-44(96-4)40(58(39)80-64)32-102-23-7-6-13-72-46(86)11-15-97-17-19-99-21-22-100-20-18-98-16-12-50(90)101-59-55(68)53(66)52(65)54(67)56(59)69/h8-9,34-38,41-43,48,51,57,64,73,80-84,88H,5-7,10-33,70H2,1-4H3,(H2,71,85)(H,72,86)(H,74,94)(H,75,92)(H,76,91)(H,77,89)(H,78,93)(H,79,87)/t34-,35-,36-,37+,38-,41-,42+,43-,48?,51?,57-,64?,103?/m0/s1. The third kappa shape index (κ3) is 29.1. The van der Waals surface area contributed by atoms with Gasteiger partial charge in [0.05, 0.1) is 110 Å². The van der Waals surface area contributed by atoms with Gasteiger partial charge in [0, 0.05) is 90.7 Å². The first-order valence-electron chi connectivity index (χ1n) is 33.5. The van der Waals surface area contributed by atoms with Crippen LogP contribution in [-0.4, -0.2) is 249 Å². The first-order valence-corrected chi connectivity index (χ1v) is 36.1. The van der Waals surface area contributed by atoms with Gasteiger partial charge in [0.15, 0.2) is 0 Å².